The van der Waals surface area contributed by atoms with Crippen LogP contribution in [0.2, 0.25) is 5.15 Å². The maximum Gasteiger partial charge on any atom is 0.228 e. The Morgan fingerprint density at radius 3 is 3.29 bits per heavy atom. The number of rotatable bonds is 2. The van der Waals surface area contributed by atoms with E-state index in [1.807, 2.05) is 4.68 Å². The summed E-state index contributed by atoms with van der Waals surface area (Å²) < 4.78 is 7.30. The van der Waals surface area contributed by atoms with E-state index in [2.05, 4.69) is 20.4 Å². The summed E-state index contributed by atoms with van der Waals surface area (Å²) in [7, 11) is 0. The zero-order valence-electron chi connectivity index (χ0n) is 8.93. The Hall–Kier alpha value is -1.66. The molecule has 1 aliphatic rings. The first-order valence-electron chi connectivity index (χ1n) is 5.21. The van der Waals surface area contributed by atoms with Crippen molar-refractivity contribution in [1.82, 2.24) is 19.7 Å². The lowest BCUT2D eigenvalue weighted by Crippen LogP contribution is -2.17. The van der Waals surface area contributed by atoms with Crippen LogP contribution in [0.5, 0.6) is 0 Å². The van der Waals surface area contributed by atoms with Crippen molar-refractivity contribution in [2.45, 2.75) is 13.2 Å². The molecule has 7 heteroatoms. The SMILES string of the molecule is Clc1ccnc(Nc2cnn3c2COCC3)n1. The van der Waals surface area contributed by atoms with Crippen LogP contribution in [0.25, 0.3) is 0 Å². The number of hydrogen-bond acceptors (Lipinski definition) is 5. The Bertz CT molecular complexity index is 541. The highest BCUT2D eigenvalue weighted by atomic mass is 35.5. The van der Waals surface area contributed by atoms with Crippen molar-refractivity contribution < 1.29 is 4.74 Å². The van der Waals surface area contributed by atoms with Gasteiger partial charge in [0.15, 0.2) is 0 Å². The van der Waals surface area contributed by atoms with E-state index in [-0.39, 0.29) is 0 Å². The lowest BCUT2D eigenvalue weighted by Gasteiger charge is -2.15. The van der Waals surface area contributed by atoms with Crippen LogP contribution in [0.15, 0.2) is 18.5 Å². The first kappa shape index (κ1) is 10.5. The third kappa shape index (κ3) is 2.09. The lowest BCUT2D eigenvalue weighted by molar-refractivity contribution is 0.0805. The Balaban J connectivity index is 1.88. The molecule has 3 rings (SSSR count). The summed E-state index contributed by atoms with van der Waals surface area (Å²) in [4.78, 5) is 8.14. The average Bonchev–Trinajstić information content (AvgIpc) is 2.73. The van der Waals surface area contributed by atoms with E-state index in [4.69, 9.17) is 16.3 Å². The lowest BCUT2D eigenvalue weighted by atomic mass is 10.3. The van der Waals surface area contributed by atoms with Crippen molar-refractivity contribution in [3.8, 4) is 0 Å². The normalized spacial score (nSPS) is 14.4. The van der Waals surface area contributed by atoms with Crippen LogP contribution < -0.4 is 5.32 Å². The fourth-order valence-corrected chi connectivity index (χ4v) is 1.83. The molecule has 88 valence electrons. The second-order valence-corrected chi connectivity index (χ2v) is 4.00. The summed E-state index contributed by atoms with van der Waals surface area (Å²) in [6.45, 7) is 2.01. The molecule has 0 radical (unpaired) electrons. The van der Waals surface area contributed by atoms with Gasteiger partial charge in [-0.05, 0) is 6.07 Å². The van der Waals surface area contributed by atoms with Gasteiger partial charge in [0, 0.05) is 6.20 Å². The van der Waals surface area contributed by atoms with Crippen molar-refractivity contribution >= 4 is 23.2 Å². The van der Waals surface area contributed by atoms with Crippen LogP contribution in [0.3, 0.4) is 0 Å². The fraction of sp³-hybridized carbons (Fsp3) is 0.300. The van der Waals surface area contributed by atoms with E-state index >= 15 is 0 Å². The maximum atomic E-state index is 5.79. The molecule has 0 spiro atoms. The van der Waals surface area contributed by atoms with Crippen LogP contribution in [-0.4, -0.2) is 26.4 Å². The molecule has 0 aromatic carbocycles. The van der Waals surface area contributed by atoms with Gasteiger partial charge in [0.05, 0.1) is 37.3 Å². The molecular weight excluding hydrogens is 242 g/mol. The van der Waals surface area contributed by atoms with Crippen molar-refractivity contribution in [1.29, 1.82) is 0 Å². The Morgan fingerprint density at radius 1 is 1.47 bits per heavy atom. The predicted molar refractivity (Wildman–Crippen MR) is 62.2 cm³/mol. The van der Waals surface area contributed by atoms with E-state index < -0.39 is 0 Å². The molecule has 6 nitrogen and oxygen atoms in total. The summed E-state index contributed by atoms with van der Waals surface area (Å²) >= 11 is 5.79. The van der Waals surface area contributed by atoms with Crippen molar-refractivity contribution in [2.75, 3.05) is 11.9 Å². The summed E-state index contributed by atoms with van der Waals surface area (Å²) in [5, 5.41) is 7.75. The molecule has 0 unspecified atom stereocenters. The van der Waals surface area contributed by atoms with Gasteiger partial charge in [0.1, 0.15) is 5.15 Å². The molecule has 1 N–H and O–H groups in total. The Labute approximate surface area is 103 Å². The fourth-order valence-electron chi connectivity index (χ4n) is 1.70. The molecule has 2 aromatic heterocycles. The Morgan fingerprint density at radius 2 is 2.41 bits per heavy atom. The molecule has 0 aliphatic carbocycles. The number of fused-ring (bicyclic) bond motifs is 1. The first-order valence-corrected chi connectivity index (χ1v) is 5.59. The maximum absolute atomic E-state index is 5.79. The minimum Gasteiger partial charge on any atom is -0.373 e. The first-order chi connectivity index (χ1) is 8.33. The number of halogens is 1. The zero-order chi connectivity index (χ0) is 11.7. The Kier molecular flexibility index (Phi) is 2.66. The highest BCUT2D eigenvalue weighted by molar-refractivity contribution is 6.29. The zero-order valence-corrected chi connectivity index (χ0v) is 9.68. The topological polar surface area (TPSA) is 64.9 Å². The molecule has 0 amide bonds. The number of nitrogens with one attached hydrogen (secondary N) is 1. The molecule has 0 saturated carbocycles. The largest absolute Gasteiger partial charge is 0.373 e. The summed E-state index contributed by atoms with van der Waals surface area (Å²) in [5.41, 5.74) is 1.85. The molecule has 3 heterocycles. The van der Waals surface area contributed by atoms with Gasteiger partial charge in [-0.25, -0.2) is 9.97 Å². The molecule has 2 aromatic rings. The van der Waals surface area contributed by atoms with Gasteiger partial charge in [-0.2, -0.15) is 5.10 Å². The minimum absolute atomic E-state index is 0.403. The van der Waals surface area contributed by atoms with Crippen LogP contribution in [0.4, 0.5) is 11.6 Å². The average molecular weight is 252 g/mol. The molecule has 1 aliphatic heterocycles. The van der Waals surface area contributed by atoms with Gasteiger partial charge >= 0.3 is 0 Å². The van der Waals surface area contributed by atoms with Crippen LogP contribution in [0.1, 0.15) is 5.69 Å². The molecule has 17 heavy (non-hydrogen) atoms. The van der Waals surface area contributed by atoms with Gasteiger partial charge in [0.2, 0.25) is 5.95 Å². The molecule has 0 atom stereocenters. The summed E-state index contributed by atoms with van der Waals surface area (Å²) in [6.07, 6.45) is 3.35. The second-order valence-electron chi connectivity index (χ2n) is 3.61. The molecule has 0 fully saturated rings. The van der Waals surface area contributed by atoms with Crippen molar-refractivity contribution in [2.24, 2.45) is 0 Å². The highest BCUT2D eigenvalue weighted by Crippen LogP contribution is 2.22. The second kappa shape index (κ2) is 4.31. The van der Waals surface area contributed by atoms with Gasteiger partial charge in [0.25, 0.3) is 0 Å². The highest BCUT2D eigenvalue weighted by Gasteiger charge is 2.15. The number of anilines is 2. The number of ether oxygens (including phenoxy) is 1. The van der Waals surface area contributed by atoms with E-state index in [0.29, 0.717) is 24.3 Å². The van der Waals surface area contributed by atoms with Gasteiger partial charge in [-0.15, -0.1) is 0 Å². The third-order valence-electron chi connectivity index (χ3n) is 2.50. The summed E-state index contributed by atoms with van der Waals surface area (Å²) in [6, 6.07) is 1.63. The molecular formula is C10H10ClN5O. The van der Waals surface area contributed by atoms with E-state index in [9.17, 15) is 0 Å². The van der Waals surface area contributed by atoms with Gasteiger partial charge in [-0.3, -0.25) is 4.68 Å². The van der Waals surface area contributed by atoms with Crippen molar-refractivity contribution in [3.63, 3.8) is 0 Å². The van der Waals surface area contributed by atoms with Crippen molar-refractivity contribution in [3.05, 3.63) is 29.3 Å². The predicted octanol–water partition coefficient (Wildman–Crippen LogP) is 1.60. The minimum atomic E-state index is 0.403. The van der Waals surface area contributed by atoms with Crippen LogP contribution in [0, 0.1) is 0 Å². The van der Waals surface area contributed by atoms with E-state index in [1.54, 1.807) is 18.5 Å². The molecule has 0 saturated heterocycles. The smallest absolute Gasteiger partial charge is 0.228 e. The number of hydrogen-bond donors (Lipinski definition) is 1. The summed E-state index contributed by atoms with van der Waals surface area (Å²) in [5.74, 6) is 0.457. The standard InChI is InChI=1S/C10H10ClN5O/c11-9-1-2-12-10(15-9)14-7-5-13-16-3-4-17-6-8(7)16/h1-2,5H,3-4,6H2,(H,12,14,15). The van der Waals surface area contributed by atoms with E-state index in [1.165, 1.54) is 0 Å². The molecule has 0 bridgehead atoms. The van der Waals surface area contributed by atoms with Crippen LogP contribution in [-0.2, 0) is 17.9 Å². The number of nitrogens with zero attached hydrogens (tertiary/aromatic N) is 4. The van der Waals surface area contributed by atoms with E-state index in [0.717, 1.165) is 17.9 Å². The third-order valence-corrected chi connectivity index (χ3v) is 2.71. The van der Waals surface area contributed by atoms with Gasteiger partial charge < -0.3 is 10.1 Å². The monoisotopic (exact) mass is 251 g/mol. The van der Waals surface area contributed by atoms with Crippen LogP contribution >= 0.6 is 11.6 Å². The number of aromatic nitrogens is 4. The van der Waals surface area contributed by atoms with Gasteiger partial charge in [-0.1, -0.05) is 11.6 Å². The quantitative estimate of drug-likeness (QED) is 0.822.